The number of hydrogen-bond acceptors (Lipinski definition) is 5. The van der Waals surface area contributed by atoms with Gasteiger partial charge in [-0.15, -0.1) is 11.3 Å². The van der Waals surface area contributed by atoms with E-state index in [-0.39, 0.29) is 6.61 Å². The first-order valence-corrected chi connectivity index (χ1v) is 10.3. The van der Waals surface area contributed by atoms with E-state index in [1.54, 1.807) is 13.0 Å². The van der Waals surface area contributed by atoms with Crippen LogP contribution in [0.4, 0.5) is 5.00 Å². The first kappa shape index (κ1) is 20.8. The molecule has 0 unspecified atom stereocenters. The minimum Gasteiger partial charge on any atom is -0.481 e. The number of hydrogen-bond donors (Lipinski definition) is 2. The first-order valence-electron chi connectivity index (χ1n) is 9.46. The third-order valence-corrected chi connectivity index (χ3v) is 5.82. The zero-order valence-corrected chi connectivity index (χ0v) is 17.1. The van der Waals surface area contributed by atoms with Crippen LogP contribution < -0.4 is 5.32 Å². The minimum absolute atomic E-state index is 0.212. The van der Waals surface area contributed by atoms with E-state index in [9.17, 15) is 19.5 Å². The van der Waals surface area contributed by atoms with Crippen molar-refractivity contribution in [3.05, 3.63) is 52.9 Å². The van der Waals surface area contributed by atoms with Gasteiger partial charge in [0.2, 0.25) is 5.91 Å². The number of thiophene rings is 1. The van der Waals surface area contributed by atoms with Gasteiger partial charge in [-0.1, -0.05) is 42.0 Å². The second-order valence-corrected chi connectivity index (χ2v) is 7.81. The molecule has 2 aromatic rings. The topological polar surface area (TPSA) is 92.7 Å². The zero-order chi connectivity index (χ0) is 21.0. The Bertz CT molecular complexity index is 962. The lowest BCUT2D eigenvalue weighted by molar-refractivity contribution is -0.146. The van der Waals surface area contributed by atoms with Gasteiger partial charge < -0.3 is 15.2 Å². The molecule has 0 saturated carbocycles. The summed E-state index contributed by atoms with van der Waals surface area (Å²) in [6.07, 6.45) is 4.28. The Hall–Kier alpha value is -2.93. The number of aliphatic carboxylic acids is 1. The second kappa shape index (κ2) is 9.05. The van der Waals surface area contributed by atoms with Crippen LogP contribution in [-0.4, -0.2) is 29.6 Å². The molecule has 0 radical (unpaired) electrons. The Morgan fingerprint density at radius 1 is 1.21 bits per heavy atom. The van der Waals surface area contributed by atoms with Crippen LogP contribution >= 0.6 is 11.3 Å². The molecule has 1 aliphatic rings. The van der Waals surface area contributed by atoms with Crippen molar-refractivity contribution >= 4 is 34.2 Å². The lowest BCUT2D eigenvalue weighted by Crippen LogP contribution is -2.34. The maximum atomic E-state index is 12.9. The van der Waals surface area contributed by atoms with Crippen LogP contribution in [-0.2, 0) is 14.3 Å². The Morgan fingerprint density at radius 2 is 1.93 bits per heavy atom. The number of amides is 1. The molecule has 152 valence electrons. The van der Waals surface area contributed by atoms with Crippen LogP contribution in [0, 0.1) is 18.8 Å². The average molecular weight is 413 g/mol. The third-order valence-electron chi connectivity index (χ3n) is 4.92. The van der Waals surface area contributed by atoms with Gasteiger partial charge in [-0.05, 0) is 32.3 Å². The van der Waals surface area contributed by atoms with Gasteiger partial charge in [0, 0.05) is 10.9 Å². The smallest absolute Gasteiger partial charge is 0.341 e. The normalized spacial score (nSPS) is 18.3. The Morgan fingerprint density at radius 3 is 2.59 bits per heavy atom. The molecule has 0 saturated heterocycles. The quantitative estimate of drug-likeness (QED) is 0.537. The summed E-state index contributed by atoms with van der Waals surface area (Å²) >= 11 is 1.23. The second-order valence-electron chi connectivity index (χ2n) is 6.93. The molecule has 1 amide bonds. The molecular formula is C22H23NO5S. The first-order chi connectivity index (χ1) is 13.9. The van der Waals surface area contributed by atoms with E-state index in [1.807, 2.05) is 42.6 Å². The summed E-state index contributed by atoms with van der Waals surface area (Å²) in [5, 5.41) is 14.4. The highest BCUT2D eigenvalue weighted by Gasteiger charge is 2.35. The molecule has 0 fully saturated rings. The Kier molecular flexibility index (Phi) is 6.49. The van der Waals surface area contributed by atoms with Gasteiger partial charge in [0.15, 0.2) is 0 Å². The van der Waals surface area contributed by atoms with Gasteiger partial charge in [0.05, 0.1) is 18.4 Å². The number of carboxylic acid groups (broad SMARTS) is 1. The summed E-state index contributed by atoms with van der Waals surface area (Å²) < 4.78 is 5.22. The summed E-state index contributed by atoms with van der Waals surface area (Å²) in [6, 6.07) is 7.73. The molecule has 2 N–H and O–H groups in total. The molecule has 2 atom stereocenters. The average Bonchev–Trinajstić information content (AvgIpc) is 3.11. The molecule has 3 rings (SSSR count). The van der Waals surface area contributed by atoms with Crippen molar-refractivity contribution in [2.45, 2.75) is 26.7 Å². The van der Waals surface area contributed by atoms with E-state index in [2.05, 4.69) is 5.32 Å². The lowest BCUT2D eigenvalue weighted by Gasteiger charge is -2.24. The molecule has 0 aliphatic heterocycles. The summed E-state index contributed by atoms with van der Waals surface area (Å²) in [5.74, 6) is -3.37. The number of rotatable bonds is 6. The predicted octanol–water partition coefficient (Wildman–Crippen LogP) is 4.51. The van der Waals surface area contributed by atoms with Crippen molar-refractivity contribution in [1.29, 1.82) is 0 Å². The van der Waals surface area contributed by atoms with Gasteiger partial charge in [0.25, 0.3) is 0 Å². The number of anilines is 1. The monoisotopic (exact) mass is 413 g/mol. The molecule has 29 heavy (non-hydrogen) atoms. The van der Waals surface area contributed by atoms with Crippen molar-refractivity contribution in [2.24, 2.45) is 11.8 Å². The minimum atomic E-state index is -0.994. The number of allylic oxidation sites excluding steroid dienone is 2. The fraction of sp³-hybridized carbons (Fsp3) is 0.318. The van der Waals surface area contributed by atoms with Crippen LogP contribution in [0.25, 0.3) is 11.1 Å². The SMILES string of the molecule is CCOC(=O)c1c(-c2cccc(C)c2)csc1NC(=O)[C@H]1CC=CC[C@@H]1C(=O)O. The number of carboxylic acids is 1. The highest BCUT2D eigenvalue weighted by molar-refractivity contribution is 7.15. The largest absolute Gasteiger partial charge is 0.481 e. The number of nitrogens with one attached hydrogen (secondary N) is 1. The zero-order valence-electron chi connectivity index (χ0n) is 16.3. The maximum absolute atomic E-state index is 12.9. The van der Waals surface area contributed by atoms with E-state index in [1.165, 1.54) is 11.3 Å². The Labute approximate surface area is 173 Å². The molecule has 0 bridgehead atoms. The molecular weight excluding hydrogens is 390 g/mol. The molecule has 1 aromatic carbocycles. The van der Waals surface area contributed by atoms with Crippen molar-refractivity contribution in [3.8, 4) is 11.1 Å². The highest BCUT2D eigenvalue weighted by Crippen LogP contribution is 2.37. The highest BCUT2D eigenvalue weighted by atomic mass is 32.1. The van der Waals surface area contributed by atoms with Crippen LogP contribution in [0.2, 0.25) is 0 Å². The summed E-state index contributed by atoms with van der Waals surface area (Å²) in [5.41, 5.74) is 2.89. The fourth-order valence-corrected chi connectivity index (χ4v) is 4.42. The number of esters is 1. The third kappa shape index (κ3) is 4.56. The Balaban J connectivity index is 1.94. The van der Waals surface area contributed by atoms with E-state index in [0.717, 1.165) is 11.1 Å². The fourth-order valence-electron chi connectivity index (χ4n) is 3.46. The van der Waals surface area contributed by atoms with Crippen LogP contribution in [0.1, 0.15) is 35.7 Å². The van der Waals surface area contributed by atoms with Gasteiger partial charge in [-0.25, -0.2) is 4.79 Å². The molecule has 1 aromatic heterocycles. The van der Waals surface area contributed by atoms with Crippen LogP contribution in [0.3, 0.4) is 0 Å². The predicted molar refractivity (Wildman–Crippen MR) is 112 cm³/mol. The van der Waals surface area contributed by atoms with Crippen molar-refractivity contribution in [3.63, 3.8) is 0 Å². The van der Waals surface area contributed by atoms with Gasteiger partial charge in [-0.3, -0.25) is 9.59 Å². The van der Waals surface area contributed by atoms with E-state index < -0.39 is 29.7 Å². The van der Waals surface area contributed by atoms with Gasteiger partial charge >= 0.3 is 11.9 Å². The summed E-state index contributed by atoms with van der Waals surface area (Å²) in [7, 11) is 0. The maximum Gasteiger partial charge on any atom is 0.341 e. The summed E-state index contributed by atoms with van der Waals surface area (Å²) in [4.78, 5) is 37.0. The summed E-state index contributed by atoms with van der Waals surface area (Å²) in [6.45, 7) is 3.90. The van der Waals surface area contributed by atoms with Crippen molar-refractivity contribution in [2.75, 3.05) is 11.9 Å². The van der Waals surface area contributed by atoms with E-state index >= 15 is 0 Å². The van der Waals surface area contributed by atoms with Crippen molar-refractivity contribution in [1.82, 2.24) is 0 Å². The molecule has 7 heteroatoms. The van der Waals surface area contributed by atoms with E-state index in [0.29, 0.717) is 29.0 Å². The van der Waals surface area contributed by atoms with Gasteiger partial charge in [0.1, 0.15) is 10.6 Å². The van der Waals surface area contributed by atoms with Crippen LogP contribution in [0.5, 0.6) is 0 Å². The molecule has 0 spiro atoms. The van der Waals surface area contributed by atoms with E-state index in [4.69, 9.17) is 4.74 Å². The molecule has 1 aliphatic carbocycles. The molecule has 1 heterocycles. The van der Waals surface area contributed by atoms with Crippen molar-refractivity contribution < 1.29 is 24.2 Å². The number of benzene rings is 1. The number of carbonyl (C=O) groups excluding carboxylic acids is 2. The lowest BCUT2D eigenvalue weighted by atomic mass is 9.82. The number of ether oxygens (including phenoxy) is 1. The number of aryl methyl sites for hydroxylation is 1. The van der Waals surface area contributed by atoms with Crippen LogP contribution in [0.15, 0.2) is 41.8 Å². The molecule has 6 nitrogen and oxygen atoms in total. The standard InChI is InChI=1S/C22H23NO5S/c1-3-28-22(27)18-17(14-8-6-7-13(2)11-14)12-29-20(18)23-19(24)15-9-4-5-10-16(15)21(25)26/h4-8,11-12,15-16H,3,9-10H2,1-2H3,(H,23,24)(H,25,26)/t15-,16-/m0/s1. The number of carbonyl (C=O) groups is 3. The van der Waals surface area contributed by atoms with Gasteiger partial charge in [-0.2, -0.15) is 0 Å².